The van der Waals surface area contributed by atoms with Crippen LogP contribution in [0.3, 0.4) is 0 Å². The van der Waals surface area contributed by atoms with Crippen molar-refractivity contribution in [2.24, 2.45) is 5.92 Å². The van der Waals surface area contributed by atoms with Crippen molar-refractivity contribution in [1.82, 2.24) is 0 Å². The Labute approximate surface area is 103 Å². The Morgan fingerprint density at radius 1 is 1.25 bits per heavy atom. The summed E-state index contributed by atoms with van der Waals surface area (Å²) in [5.74, 6) is 3.80. The highest BCUT2D eigenvalue weighted by molar-refractivity contribution is 6.83. The van der Waals surface area contributed by atoms with E-state index in [4.69, 9.17) is 0 Å². The predicted molar refractivity (Wildman–Crippen MR) is 78.1 cm³/mol. The molecule has 1 unspecified atom stereocenters. The average molecular weight is 234 g/mol. The largest absolute Gasteiger partial charge is 0.129 e. The van der Waals surface area contributed by atoms with Crippen molar-refractivity contribution in [3.05, 3.63) is 23.8 Å². The minimum atomic E-state index is -1.19. The van der Waals surface area contributed by atoms with Crippen LogP contribution in [0.2, 0.25) is 19.6 Å². The Hall–Kier alpha value is -0.743. The molecule has 0 fully saturated rings. The minimum absolute atomic E-state index is 0.631. The zero-order valence-electron chi connectivity index (χ0n) is 11.7. The molecular weight excluding hydrogens is 208 g/mol. The van der Waals surface area contributed by atoms with Gasteiger partial charge < -0.3 is 0 Å². The molecular formula is C15H26Si. The number of rotatable bonds is 4. The molecule has 1 atom stereocenters. The molecule has 0 nitrogen and oxygen atoms in total. The third-order valence-corrected chi connectivity index (χ3v) is 3.02. The molecule has 90 valence electrons. The maximum atomic E-state index is 3.34. The van der Waals surface area contributed by atoms with Crippen LogP contribution in [0.25, 0.3) is 0 Å². The first-order valence-corrected chi connectivity index (χ1v) is 9.64. The van der Waals surface area contributed by atoms with Crippen LogP contribution in [0.15, 0.2) is 23.8 Å². The van der Waals surface area contributed by atoms with Crippen LogP contribution in [0.4, 0.5) is 0 Å². The summed E-state index contributed by atoms with van der Waals surface area (Å²) in [5, 5.41) is 0. The van der Waals surface area contributed by atoms with Gasteiger partial charge in [0.05, 0.1) is 0 Å². The summed E-state index contributed by atoms with van der Waals surface area (Å²) in [4.78, 5) is 0. The van der Waals surface area contributed by atoms with Crippen molar-refractivity contribution in [2.45, 2.75) is 53.3 Å². The van der Waals surface area contributed by atoms with E-state index in [2.05, 4.69) is 64.0 Å². The molecule has 0 radical (unpaired) electrons. The highest BCUT2D eigenvalue weighted by Crippen LogP contribution is 2.08. The summed E-state index contributed by atoms with van der Waals surface area (Å²) in [7, 11) is -1.19. The van der Waals surface area contributed by atoms with Crippen LogP contribution >= 0.6 is 0 Å². The molecule has 0 aliphatic rings. The SMILES string of the molecule is CC(C)=CCCC(C)/C=C/C#C[Si](C)(C)C. The zero-order chi connectivity index (χ0) is 12.6. The van der Waals surface area contributed by atoms with E-state index in [0.29, 0.717) is 5.92 Å². The molecule has 0 aromatic rings. The average Bonchev–Trinajstić information content (AvgIpc) is 2.10. The Balaban J connectivity index is 3.95. The molecule has 1 heteroatoms. The second-order valence-corrected chi connectivity index (χ2v) is 10.5. The highest BCUT2D eigenvalue weighted by Gasteiger charge is 2.06. The van der Waals surface area contributed by atoms with Crippen molar-refractivity contribution in [3.8, 4) is 11.5 Å². The lowest BCUT2D eigenvalue weighted by atomic mass is 10.0. The van der Waals surface area contributed by atoms with E-state index in [9.17, 15) is 0 Å². The van der Waals surface area contributed by atoms with Gasteiger partial charge in [0.2, 0.25) is 0 Å². The van der Waals surface area contributed by atoms with Gasteiger partial charge in [0.15, 0.2) is 0 Å². The van der Waals surface area contributed by atoms with E-state index >= 15 is 0 Å². The zero-order valence-corrected chi connectivity index (χ0v) is 12.7. The standard InChI is InChI=1S/C15H26Si/c1-14(2)10-9-12-15(3)11-7-8-13-16(4,5)6/h7,10-11,15H,9,12H2,1-6H3/b11-7+. The summed E-state index contributed by atoms with van der Waals surface area (Å²) in [6, 6.07) is 0. The topological polar surface area (TPSA) is 0 Å². The normalized spacial score (nSPS) is 13.1. The lowest BCUT2D eigenvalue weighted by molar-refractivity contribution is 0.656. The van der Waals surface area contributed by atoms with Crippen LogP contribution in [-0.2, 0) is 0 Å². The van der Waals surface area contributed by atoms with Gasteiger partial charge in [0.25, 0.3) is 0 Å². The van der Waals surface area contributed by atoms with Crippen LogP contribution in [0.5, 0.6) is 0 Å². The molecule has 0 rings (SSSR count). The fourth-order valence-corrected chi connectivity index (χ4v) is 1.72. The van der Waals surface area contributed by atoms with Crippen LogP contribution in [0.1, 0.15) is 33.6 Å². The smallest absolute Gasteiger partial charge is 0.127 e. The number of hydrogen-bond donors (Lipinski definition) is 0. The van der Waals surface area contributed by atoms with Gasteiger partial charge >= 0.3 is 0 Å². The van der Waals surface area contributed by atoms with Crippen molar-refractivity contribution >= 4 is 8.07 Å². The third-order valence-electron chi connectivity index (χ3n) is 2.13. The van der Waals surface area contributed by atoms with Gasteiger partial charge in [-0.1, -0.05) is 50.2 Å². The highest BCUT2D eigenvalue weighted by atomic mass is 28.3. The fourth-order valence-electron chi connectivity index (χ4n) is 1.20. The number of allylic oxidation sites excluding steroid dienone is 4. The van der Waals surface area contributed by atoms with Gasteiger partial charge in [-0.05, 0) is 38.7 Å². The van der Waals surface area contributed by atoms with Crippen molar-refractivity contribution in [1.29, 1.82) is 0 Å². The van der Waals surface area contributed by atoms with Crippen molar-refractivity contribution < 1.29 is 0 Å². The predicted octanol–water partition coefficient (Wildman–Crippen LogP) is 4.81. The molecule has 0 aliphatic heterocycles. The van der Waals surface area contributed by atoms with E-state index < -0.39 is 8.07 Å². The molecule has 16 heavy (non-hydrogen) atoms. The third kappa shape index (κ3) is 11.3. The van der Waals surface area contributed by atoms with Crippen LogP contribution < -0.4 is 0 Å². The Morgan fingerprint density at radius 3 is 2.38 bits per heavy atom. The summed E-state index contributed by atoms with van der Waals surface area (Å²) in [6.07, 6.45) is 8.96. The van der Waals surface area contributed by atoms with Gasteiger partial charge in [-0.3, -0.25) is 0 Å². The minimum Gasteiger partial charge on any atom is -0.127 e. The molecule has 0 saturated heterocycles. The molecule has 0 N–H and O–H groups in total. The molecule has 0 amide bonds. The van der Waals surface area contributed by atoms with E-state index in [-0.39, 0.29) is 0 Å². The summed E-state index contributed by atoms with van der Waals surface area (Å²) < 4.78 is 0. The van der Waals surface area contributed by atoms with E-state index in [1.54, 1.807) is 0 Å². The molecule has 0 bridgehead atoms. The maximum Gasteiger partial charge on any atom is 0.129 e. The Morgan fingerprint density at radius 2 is 1.88 bits per heavy atom. The molecule has 0 spiro atoms. The second-order valence-electron chi connectivity index (χ2n) is 5.71. The van der Waals surface area contributed by atoms with Gasteiger partial charge in [0.1, 0.15) is 8.07 Å². The van der Waals surface area contributed by atoms with Crippen LogP contribution in [0, 0.1) is 17.4 Å². The monoisotopic (exact) mass is 234 g/mol. The lowest BCUT2D eigenvalue weighted by Crippen LogP contribution is -2.16. The van der Waals surface area contributed by atoms with Crippen molar-refractivity contribution in [3.63, 3.8) is 0 Å². The molecule has 0 saturated carbocycles. The summed E-state index contributed by atoms with van der Waals surface area (Å²) in [6.45, 7) is 13.4. The molecule has 0 aromatic heterocycles. The molecule has 0 heterocycles. The van der Waals surface area contributed by atoms with E-state index in [1.807, 2.05) is 6.08 Å². The second kappa shape index (κ2) is 7.52. The quantitative estimate of drug-likeness (QED) is 0.372. The number of hydrogen-bond acceptors (Lipinski definition) is 0. The maximum absolute atomic E-state index is 3.34. The van der Waals surface area contributed by atoms with Crippen molar-refractivity contribution in [2.75, 3.05) is 0 Å². The Kier molecular flexibility index (Phi) is 7.17. The van der Waals surface area contributed by atoms with E-state index in [1.165, 1.54) is 18.4 Å². The van der Waals surface area contributed by atoms with E-state index in [0.717, 1.165) is 0 Å². The van der Waals surface area contributed by atoms with Crippen LogP contribution in [-0.4, -0.2) is 8.07 Å². The van der Waals surface area contributed by atoms with Gasteiger partial charge in [-0.2, -0.15) is 0 Å². The molecule has 0 aromatic carbocycles. The first-order valence-electron chi connectivity index (χ1n) is 6.14. The fraction of sp³-hybridized carbons (Fsp3) is 0.600. The van der Waals surface area contributed by atoms with Gasteiger partial charge in [-0.15, -0.1) is 5.54 Å². The van der Waals surface area contributed by atoms with Gasteiger partial charge in [0, 0.05) is 0 Å². The van der Waals surface area contributed by atoms with Gasteiger partial charge in [-0.25, -0.2) is 0 Å². The summed E-state index contributed by atoms with van der Waals surface area (Å²) in [5.41, 5.74) is 4.75. The Bertz CT molecular complexity index is 301. The first kappa shape index (κ1) is 15.3. The molecule has 0 aliphatic carbocycles. The lowest BCUT2D eigenvalue weighted by Gasteiger charge is -2.03. The summed E-state index contributed by atoms with van der Waals surface area (Å²) >= 11 is 0. The first-order chi connectivity index (χ1) is 7.31.